The smallest absolute Gasteiger partial charge is 0.496 e. The Kier molecular flexibility index (Phi) is 5.87. The van der Waals surface area contributed by atoms with E-state index in [0.717, 1.165) is 12.1 Å². The summed E-state index contributed by atoms with van der Waals surface area (Å²) in [5.74, 6) is -1.98. The van der Waals surface area contributed by atoms with Gasteiger partial charge in [0, 0.05) is 12.1 Å². The van der Waals surface area contributed by atoms with E-state index in [9.17, 15) is 22.8 Å². The van der Waals surface area contributed by atoms with Crippen LogP contribution >= 0.6 is 11.6 Å². The molecule has 0 aliphatic carbocycles. The number of carbonyl (C=O) groups excluding carboxylic acids is 2. The minimum absolute atomic E-state index is 0.00730. The lowest BCUT2D eigenvalue weighted by Crippen LogP contribution is -2.40. The Balaban J connectivity index is 2.69. The van der Waals surface area contributed by atoms with E-state index in [1.165, 1.54) is 7.11 Å². The molecule has 160 valence electrons. The van der Waals surface area contributed by atoms with Gasteiger partial charge in [-0.2, -0.15) is 0 Å². The van der Waals surface area contributed by atoms with Gasteiger partial charge < -0.3 is 19.5 Å². The highest BCUT2D eigenvalue weighted by Gasteiger charge is 2.44. The molecular weight excluding hydrogens is 415 g/mol. The fourth-order valence-corrected chi connectivity index (χ4v) is 2.92. The molecule has 10 heteroatoms. The monoisotopic (exact) mass is 435 g/mol. The van der Waals surface area contributed by atoms with Crippen LogP contribution in [0.2, 0.25) is 5.02 Å². The Bertz CT molecular complexity index is 885. The maximum Gasteiger partial charge on any atom is 0.573 e. The van der Waals surface area contributed by atoms with Crippen LogP contribution in [0.5, 0.6) is 11.5 Å². The van der Waals surface area contributed by atoms with E-state index in [1.54, 1.807) is 34.6 Å². The second-order valence-corrected chi connectivity index (χ2v) is 8.36. The molecule has 0 radical (unpaired) electrons. The van der Waals surface area contributed by atoms with Gasteiger partial charge in [-0.15, -0.1) is 13.2 Å². The predicted molar refractivity (Wildman–Crippen MR) is 99.4 cm³/mol. The maximum absolute atomic E-state index is 12.7. The summed E-state index contributed by atoms with van der Waals surface area (Å²) in [6, 6.07) is 1.85. The first-order valence-corrected chi connectivity index (χ1v) is 8.88. The Morgan fingerprint density at radius 2 is 1.76 bits per heavy atom. The van der Waals surface area contributed by atoms with Crippen LogP contribution in [0.15, 0.2) is 17.9 Å². The van der Waals surface area contributed by atoms with E-state index in [2.05, 4.69) is 10.1 Å². The van der Waals surface area contributed by atoms with Crippen LogP contribution in [-0.2, 0) is 14.3 Å². The third-order valence-corrected chi connectivity index (χ3v) is 4.28. The molecule has 1 heterocycles. The van der Waals surface area contributed by atoms with Crippen molar-refractivity contribution in [1.29, 1.82) is 0 Å². The van der Waals surface area contributed by atoms with Gasteiger partial charge in [-0.1, -0.05) is 11.6 Å². The predicted octanol–water partition coefficient (Wildman–Crippen LogP) is 4.46. The molecule has 29 heavy (non-hydrogen) atoms. The van der Waals surface area contributed by atoms with Gasteiger partial charge in [0.05, 0.1) is 34.2 Å². The summed E-state index contributed by atoms with van der Waals surface area (Å²) < 4.78 is 52.2. The topological polar surface area (TPSA) is 73.9 Å². The first-order valence-electron chi connectivity index (χ1n) is 8.50. The number of ether oxygens (including phenoxy) is 3. The molecule has 1 amide bonds. The fraction of sp³-hybridized carbons (Fsp3) is 0.474. The number of nitrogens with one attached hydrogen (secondary N) is 1. The number of hydrogen-bond donors (Lipinski definition) is 1. The average molecular weight is 436 g/mol. The molecule has 0 saturated heterocycles. The van der Waals surface area contributed by atoms with Gasteiger partial charge in [0.2, 0.25) is 0 Å². The lowest BCUT2D eigenvalue weighted by atomic mass is 9.95. The Hall–Kier alpha value is -2.42. The van der Waals surface area contributed by atoms with Gasteiger partial charge in [0.1, 0.15) is 17.3 Å². The van der Waals surface area contributed by atoms with E-state index >= 15 is 0 Å². The summed E-state index contributed by atoms with van der Waals surface area (Å²) in [7, 11) is 1.20. The third-order valence-electron chi connectivity index (χ3n) is 3.99. The lowest BCUT2D eigenvalue weighted by Gasteiger charge is -2.25. The lowest BCUT2D eigenvalue weighted by molar-refractivity contribution is -0.274. The van der Waals surface area contributed by atoms with Gasteiger partial charge >= 0.3 is 12.3 Å². The highest BCUT2D eigenvalue weighted by Crippen LogP contribution is 2.44. The van der Waals surface area contributed by atoms with E-state index in [1.807, 2.05) is 0 Å². The van der Waals surface area contributed by atoms with Gasteiger partial charge in [-0.05, 0) is 34.6 Å². The standard InChI is InChI=1S/C19H21ClF3NO5/c1-17(2,3)16(26)28-14-13(15(25)24-18(14,4)5)12-10(20)7-9(8-11(12)27-6)29-19(21,22)23/h7-8H,1-6H3,(H,24,25). The average Bonchev–Trinajstić information content (AvgIpc) is 2.73. The fourth-order valence-electron chi connectivity index (χ4n) is 2.62. The highest BCUT2D eigenvalue weighted by atomic mass is 35.5. The number of alkyl halides is 3. The van der Waals surface area contributed by atoms with E-state index < -0.39 is 34.9 Å². The quantitative estimate of drug-likeness (QED) is 0.707. The zero-order chi connectivity index (χ0) is 22.4. The molecule has 0 saturated carbocycles. The van der Waals surface area contributed by atoms with Crippen molar-refractivity contribution in [1.82, 2.24) is 5.32 Å². The summed E-state index contributed by atoms with van der Waals surface area (Å²) >= 11 is 6.19. The minimum Gasteiger partial charge on any atom is -0.496 e. The number of esters is 1. The van der Waals surface area contributed by atoms with Gasteiger partial charge in [-0.3, -0.25) is 9.59 Å². The summed E-state index contributed by atoms with van der Waals surface area (Å²) in [6.45, 7) is 8.16. The van der Waals surface area contributed by atoms with Crippen molar-refractivity contribution in [2.24, 2.45) is 5.41 Å². The second kappa shape index (κ2) is 7.44. The largest absolute Gasteiger partial charge is 0.573 e. The summed E-state index contributed by atoms with van der Waals surface area (Å²) in [6.07, 6.45) is -4.94. The number of amides is 1. The number of benzene rings is 1. The second-order valence-electron chi connectivity index (χ2n) is 7.95. The van der Waals surface area contributed by atoms with Crippen molar-refractivity contribution in [3.05, 3.63) is 28.5 Å². The van der Waals surface area contributed by atoms with E-state index in [-0.39, 0.29) is 27.7 Å². The summed E-state index contributed by atoms with van der Waals surface area (Å²) in [4.78, 5) is 25.1. The molecule has 0 unspecified atom stereocenters. The van der Waals surface area contributed by atoms with Crippen LogP contribution in [0.3, 0.4) is 0 Å². The van der Waals surface area contributed by atoms with Gasteiger partial charge in [0.25, 0.3) is 5.91 Å². The molecule has 1 aromatic carbocycles. The summed E-state index contributed by atoms with van der Waals surface area (Å²) in [5, 5.41) is 2.42. The van der Waals surface area contributed by atoms with Crippen LogP contribution in [0.25, 0.3) is 5.57 Å². The molecule has 1 aliphatic heterocycles. The van der Waals surface area contributed by atoms with Crippen LogP contribution in [0.4, 0.5) is 13.2 Å². The Labute approximate surface area is 170 Å². The first kappa shape index (κ1) is 22.9. The molecule has 2 rings (SSSR count). The van der Waals surface area contributed by atoms with Crippen LogP contribution in [0.1, 0.15) is 40.2 Å². The third kappa shape index (κ3) is 4.95. The molecule has 1 N–H and O–H groups in total. The van der Waals surface area contributed by atoms with Crippen molar-refractivity contribution in [3.8, 4) is 11.5 Å². The Morgan fingerprint density at radius 1 is 1.17 bits per heavy atom. The van der Waals surface area contributed by atoms with Crippen molar-refractivity contribution >= 4 is 29.1 Å². The molecule has 0 bridgehead atoms. The van der Waals surface area contributed by atoms with E-state index in [4.69, 9.17) is 21.1 Å². The van der Waals surface area contributed by atoms with Gasteiger partial charge in [-0.25, -0.2) is 0 Å². The zero-order valence-corrected chi connectivity index (χ0v) is 17.5. The number of carbonyl (C=O) groups is 2. The van der Waals surface area contributed by atoms with E-state index in [0.29, 0.717) is 0 Å². The number of halogens is 4. The molecule has 0 fully saturated rings. The van der Waals surface area contributed by atoms with Crippen molar-refractivity contribution in [2.75, 3.05) is 7.11 Å². The van der Waals surface area contributed by atoms with Gasteiger partial charge in [0.15, 0.2) is 0 Å². The molecule has 6 nitrogen and oxygen atoms in total. The Morgan fingerprint density at radius 3 is 2.24 bits per heavy atom. The van der Waals surface area contributed by atoms with Crippen molar-refractivity contribution in [2.45, 2.75) is 46.5 Å². The van der Waals surface area contributed by atoms with Crippen LogP contribution in [0, 0.1) is 5.41 Å². The van der Waals surface area contributed by atoms with Crippen molar-refractivity contribution < 1.29 is 37.0 Å². The van der Waals surface area contributed by atoms with Crippen molar-refractivity contribution in [3.63, 3.8) is 0 Å². The molecule has 1 aromatic rings. The molecule has 0 atom stereocenters. The van der Waals surface area contributed by atoms with Crippen LogP contribution in [-0.4, -0.2) is 30.9 Å². The minimum atomic E-state index is -4.94. The number of methoxy groups -OCH3 is 1. The highest BCUT2D eigenvalue weighted by molar-refractivity contribution is 6.36. The first-order chi connectivity index (χ1) is 13.1. The molecule has 0 aromatic heterocycles. The van der Waals surface area contributed by atoms with Crippen LogP contribution < -0.4 is 14.8 Å². The number of rotatable bonds is 4. The molecule has 1 aliphatic rings. The SMILES string of the molecule is COc1cc(OC(F)(F)F)cc(Cl)c1C1=C(OC(=O)C(C)(C)C)C(C)(C)NC1=O. The molecule has 0 spiro atoms. The normalized spacial score (nSPS) is 16.6. The zero-order valence-electron chi connectivity index (χ0n) is 16.7. The summed E-state index contributed by atoms with van der Waals surface area (Å²) in [5.41, 5.74) is -2.04. The maximum atomic E-state index is 12.7. The molecular formula is C19H21ClF3NO5. The number of hydrogen-bond acceptors (Lipinski definition) is 5.